The predicted octanol–water partition coefficient (Wildman–Crippen LogP) is 3.76. The summed E-state index contributed by atoms with van der Waals surface area (Å²) < 4.78 is 43.7. The van der Waals surface area contributed by atoms with Crippen molar-refractivity contribution in [2.75, 3.05) is 18.5 Å². The van der Waals surface area contributed by atoms with Gasteiger partial charge in [-0.15, -0.1) is 0 Å². The highest BCUT2D eigenvalue weighted by atomic mass is 19.4. The number of benzene rings is 1. The summed E-state index contributed by atoms with van der Waals surface area (Å²) >= 11 is 0. The van der Waals surface area contributed by atoms with Crippen LogP contribution in [0.2, 0.25) is 0 Å². The van der Waals surface area contributed by atoms with Crippen LogP contribution in [0.15, 0.2) is 24.3 Å². The molecule has 1 atom stereocenters. The van der Waals surface area contributed by atoms with E-state index in [2.05, 4.69) is 10.3 Å². The Morgan fingerprint density at radius 1 is 1.29 bits per heavy atom. The summed E-state index contributed by atoms with van der Waals surface area (Å²) in [5.74, 6) is 0. The Balaban J connectivity index is 2.03. The summed E-state index contributed by atoms with van der Waals surface area (Å²) in [5, 5.41) is 4.03. The van der Waals surface area contributed by atoms with E-state index in [-0.39, 0.29) is 6.04 Å². The molecule has 0 bridgehead atoms. The highest BCUT2D eigenvalue weighted by molar-refractivity contribution is 5.92. The molecule has 0 unspecified atom stereocenters. The zero-order chi connectivity index (χ0) is 15.0. The first-order chi connectivity index (χ1) is 9.93. The number of alkyl halides is 3. The molecule has 1 aliphatic heterocycles. The third-order valence-electron chi connectivity index (χ3n) is 3.55. The molecule has 2 aromatic rings. The Kier molecular flexibility index (Phi) is 3.49. The minimum atomic E-state index is -4.35. The van der Waals surface area contributed by atoms with Crippen LogP contribution in [0.3, 0.4) is 0 Å². The van der Waals surface area contributed by atoms with Gasteiger partial charge >= 0.3 is 6.18 Å². The van der Waals surface area contributed by atoms with Crippen molar-refractivity contribution >= 4 is 16.6 Å². The summed E-state index contributed by atoms with van der Waals surface area (Å²) in [6, 6.07) is 5.71. The fraction of sp³-hybridized carbons (Fsp3) is 0.400. The number of hydrogen-bond donors (Lipinski definition) is 1. The highest BCUT2D eigenvalue weighted by Crippen LogP contribution is 2.33. The first kappa shape index (κ1) is 14.1. The van der Waals surface area contributed by atoms with Gasteiger partial charge in [-0.1, -0.05) is 6.07 Å². The van der Waals surface area contributed by atoms with Crippen LogP contribution in [0, 0.1) is 6.92 Å². The predicted molar refractivity (Wildman–Crippen MR) is 74.3 cm³/mol. The van der Waals surface area contributed by atoms with Gasteiger partial charge in [0.15, 0.2) is 0 Å². The smallest absolute Gasteiger partial charge is 0.379 e. The van der Waals surface area contributed by atoms with Crippen LogP contribution in [-0.4, -0.2) is 24.2 Å². The molecule has 21 heavy (non-hydrogen) atoms. The monoisotopic (exact) mass is 296 g/mol. The SMILES string of the molecule is Cc1cc(N[C@H]2CCOC2)c2ccc(C(F)(F)F)cc2n1. The number of anilines is 1. The van der Waals surface area contributed by atoms with Gasteiger partial charge in [-0.2, -0.15) is 13.2 Å². The maximum absolute atomic E-state index is 12.8. The van der Waals surface area contributed by atoms with Crippen LogP contribution >= 0.6 is 0 Å². The van der Waals surface area contributed by atoms with Gasteiger partial charge in [0, 0.05) is 23.4 Å². The Labute approximate surface area is 120 Å². The van der Waals surface area contributed by atoms with Crippen molar-refractivity contribution in [2.45, 2.75) is 25.6 Å². The van der Waals surface area contributed by atoms with Crippen molar-refractivity contribution in [2.24, 2.45) is 0 Å². The van der Waals surface area contributed by atoms with Crippen LogP contribution in [0.5, 0.6) is 0 Å². The normalized spacial score (nSPS) is 19.1. The van der Waals surface area contributed by atoms with E-state index in [9.17, 15) is 13.2 Å². The van der Waals surface area contributed by atoms with Crippen molar-refractivity contribution in [3.05, 3.63) is 35.5 Å². The van der Waals surface area contributed by atoms with Gasteiger partial charge in [-0.25, -0.2) is 0 Å². The second-order valence-corrected chi connectivity index (χ2v) is 5.25. The van der Waals surface area contributed by atoms with Gasteiger partial charge in [0.2, 0.25) is 0 Å². The zero-order valence-electron chi connectivity index (χ0n) is 11.5. The molecule has 3 nitrogen and oxygen atoms in total. The third-order valence-corrected chi connectivity index (χ3v) is 3.55. The van der Waals surface area contributed by atoms with E-state index < -0.39 is 11.7 Å². The lowest BCUT2D eigenvalue weighted by Gasteiger charge is -2.16. The van der Waals surface area contributed by atoms with Gasteiger partial charge in [0.05, 0.1) is 23.7 Å². The van der Waals surface area contributed by atoms with Gasteiger partial charge in [0.25, 0.3) is 0 Å². The molecule has 2 heterocycles. The number of aryl methyl sites for hydroxylation is 1. The maximum atomic E-state index is 12.8. The number of nitrogens with zero attached hydrogens (tertiary/aromatic N) is 1. The van der Waals surface area contributed by atoms with Crippen LogP contribution in [0.25, 0.3) is 10.9 Å². The number of pyridine rings is 1. The Morgan fingerprint density at radius 2 is 2.10 bits per heavy atom. The number of ether oxygens (including phenoxy) is 1. The van der Waals surface area contributed by atoms with E-state index in [4.69, 9.17) is 4.74 Å². The molecular formula is C15H15F3N2O. The van der Waals surface area contributed by atoms with Gasteiger partial charge < -0.3 is 10.1 Å². The first-order valence-electron chi connectivity index (χ1n) is 6.76. The molecule has 0 spiro atoms. The standard InChI is InChI=1S/C15H15F3N2O/c1-9-6-13(20-11-4-5-21-8-11)12-3-2-10(15(16,17)18)7-14(12)19-9/h2-3,6-7,11H,4-5,8H2,1H3,(H,19,20)/t11-/m0/s1. The zero-order valence-corrected chi connectivity index (χ0v) is 11.5. The van der Waals surface area contributed by atoms with Crippen molar-refractivity contribution in [3.63, 3.8) is 0 Å². The molecule has 0 radical (unpaired) electrons. The van der Waals surface area contributed by atoms with E-state index in [1.807, 2.05) is 6.07 Å². The molecule has 1 N–H and O–H groups in total. The van der Waals surface area contributed by atoms with E-state index in [1.165, 1.54) is 6.07 Å². The minimum Gasteiger partial charge on any atom is -0.379 e. The van der Waals surface area contributed by atoms with Gasteiger partial charge in [0.1, 0.15) is 0 Å². The lowest BCUT2D eigenvalue weighted by molar-refractivity contribution is -0.137. The molecule has 0 aliphatic carbocycles. The minimum absolute atomic E-state index is 0.192. The van der Waals surface area contributed by atoms with Crippen LogP contribution < -0.4 is 5.32 Å². The number of halogens is 3. The molecule has 0 amide bonds. The van der Waals surface area contributed by atoms with Crippen LogP contribution in [-0.2, 0) is 10.9 Å². The van der Waals surface area contributed by atoms with Crippen LogP contribution in [0.1, 0.15) is 17.7 Å². The summed E-state index contributed by atoms with van der Waals surface area (Å²) in [6.45, 7) is 3.09. The van der Waals surface area contributed by atoms with E-state index in [1.54, 1.807) is 6.92 Å². The third kappa shape index (κ3) is 2.95. The summed E-state index contributed by atoms with van der Waals surface area (Å²) in [5.41, 5.74) is 1.17. The average Bonchev–Trinajstić information content (AvgIpc) is 2.89. The summed E-state index contributed by atoms with van der Waals surface area (Å²) in [4.78, 5) is 4.21. The Morgan fingerprint density at radius 3 is 2.76 bits per heavy atom. The number of fused-ring (bicyclic) bond motifs is 1. The fourth-order valence-corrected chi connectivity index (χ4v) is 2.52. The number of aromatic nitrogens is 1. The summed E-state index contributed by atoms with van der Waals surface area (Å²) in [7, 11) is 0. The lowest BCUT2D eigenvalue weighted by atomic mass is 10.1. The van der Waals surface area contributed by atoms with Gasteiger partial charge in [-0.3, -0.25) is 4.98 Å². The summed E-state index contributed by atoms with van der Waals surface area (Å²) in [6.07, 6.45) is -3.46. The van der Waals surface area contributed by atoms with Crippen LogP contribution in [0.4, 0.5) is 18.9 Å². The van der Waals surface area contributed by atoms with Crippen molar-refractivity contribution < 1.29 is 17.9 Å². The molecule has 1 aromatic heterocycles. The topological polar surface area (TPSA) is 34.1 Å². The highest BCUT2D eigenvalue weighted by Gasteiger charge is 2.30. The molecule has 0 saturated carbocycles. The fourth-order valence-electron chi connectivity index (χ4n) is 2.52. The molecule has 3 rings (SSSR count). The van der Waals surface area contributed by atoms with Crippen molar-refractivity contribution in [3.8, 4) is 0 Å². The van der Waals surface area contributed by atoms with E-state index in [0.717, 1.165) is 24.2 Å². The quantitative estimate of drug-likeness (QED) is 0.916. The largest absolute Gasteiger partial charge is 0.416 e. The molecule has 1 saturated heterocycles. The molecule has 1 fully saturated rings. The molecule has 6 heteroatoms. The second-order valence-electron chi connectivity index (χ2n) is 5.25. The lowest BCUT2D eigenvalue weighted by Crippen LogP contribution is -2.19. The van der Waals surface area contributed by atoms with Crippen molar-refractivity contribution in [1.29, 1.82) is 0 Å². The number of hydrogen-bond acceptors (Lipinski definition) is 3. The number of nitrogens with one attached hydrogen (secondary N) is 1. The number of rotatable bonds is 2. The molecule has 112 valence electrons. The Bertz CT molecular complexity index is 664. The second kappa shape index (κ2) is 5.18. The van der Waals surface area contributed by atoms with Gasteiger partial charge in [-0.05, 0) is 31.5 Å². The van der Waals surface area contributed by atoms with E-state index >= 15 is 0 Å². The van der Waals surface area contributed by atoms with Crippen molar-refractivity contribution in [1.82, 2.24) is 4.98 Å². The molecule has 1 aliphatic rings. The Hall–Kier alpha value is -1.82. The maximum Gasteiger partial charge on any atom is 0.416 e. The van der Waals surface area contributed by atoms with E-state index in [0.29, 0.717) is 29.8 Å². The average molecular weight is 296 g/mol. The molecular weight excluding hydrogens is 281 g/mol. The molecule has 1 aromatic carbocycles. The first-order valence-corrected chi connectivity index (χ1v) is 6.76.